The van der Waals surface area contributed by atoms with E-state index >= 15 is 0 Å². The Bertz CT molecular complexity index is 843. The van der Waals surface area contributed by atoms with Crippen LogP contribution in [0.2, 0.25) is 5.02 Å². The van der Waals surface area contributed by atoms with Crippen LogP contribution in [0.15, 0.2) is 33.2 Å². The first-order valence-electron chi connectivity index (χ1n) is 6.59. The molecule has 0 radical (unpaired) electrons. The van der Waals surface area contributed by atoms with Crippen molar-refractivity contribution in [2.24, 2.45) is 0 Å². The van der Waals surface area contributed by atoms with Gasteiger partial charge in [-0.15, -0.1) is 0 Å². The second-order valence-electron chi connectivity index (χ2n) is 4.93. The molecule has 0 aliphatic rings. The first-order chi connectivity index (χ1) is 11.5. The molecule has 0 unspecified atom stereocenters. The van der Waals surface area contributed by atoms with E-state index in [1.807, 2.05) is 0 Å². The van der Waals surface area contributed by atoms with Crippen LogP contribution in [0.3, 0.4) is 0 Å². The molecule has 0 spiro atoms. The quantitative estimate of drug-likeness (QED) is 0.315. The number of rotatable bonds is 4. The molecule has 0 atom stereocenters. The number of halogens is 7. The van der Waals surface area contributed by atoms with E-state index < -0.39 is 24.3 Å². The number of ketones is 1. The standard InChI is InChI=1S/C15H9Br2ClF4N2O/c16-8-4-10(24-5-15(20,21)22)13(23)12(17)11(8)14(25)7-2-1-6(19)3-9(7)18/h1-4,24H,5,23H2. The van der Waals surface area contributed by atoms with Gasteiger partial charge in [0.1, 0.15) is 12.4 Å². The van der Waals surface area contributed by atoms with Crippen molar-refractivity contribution in [2.45, 2.75) is 6.18 Å². The lowest BCUT2D eigenvalue weighted by Gasteiger charge is -2.16. The van der Waals surface area contributed by atoms with Gasteiger partial charge >= 0.3 is 6.18 Å². The average Bonchev–Trinajstić information content (AvgIpc) is 2.48. The second-order valence-corrected chi connectivity index (χ2v) is 6.99. The van der Waals surface area contributed by atoms with E-state index in [1.165, 1.54) is 12.1 Å². The van der Waals surface area contributed by atoms with Crippen LogP contribution in [0.4, 0.5) is 28.9 Å². The van der Waals surface area contributed by atoms with Crippen LogP contribution in [0.1, 0.15) is 15.9 Å². The summed E-state index contributed by atoms with van der Waals surface area (Å²) in [6.07, 6.45) is -4.43. The van der Waals surface area contributed by atoms with Crippen LogP contribution in [-0.2, 0) is 0 Å². The molecule has 0 aliphatic heterocycles. The minimum Gasteiger partial charge on any atom is -0.396 e. The first kappa shape index (κ1) is 20.0. The molecule has 2 rings (SSSR count). The lowest BCUT2D eigenvalue weighted by Crippen LogP contribution is -2.22. The fourth-order valence-electron chi connectivity index (χ4n) is 1.99. The number of benzene rings is 2. The molecule has 0 aliphatic carbocycles. The fraction of sp³-hybridized carbons (Fsp3) is 0.133. The van der Waals surface area contributed by atoms with Crippen LogP contribution < -0.4 is 11.1 Å². The number of carbonyl (C=O) groups excluding carboxylic acids is 1. The Kier molecular flexibility index (Phi) is 6.01. The lowest BCUT2D eigenvalue weighted by atomic mass is 10.0. The van der Waals surface area contributed by atoms with Crippen molar-refractivity contribution >= 4 is 60.6 Å². The van der Waals surface area contributed by atoms with Crippen LogP contribution in [0, 0.1) is 5.82 Å². The number of anilines is 2. The van der Waals surface area contributed by atoms with E-state index in [-0.39, 0.29) is 36.5 Å². The monoisotopic (exact) mass is 502 g/mol. The summed E-state index contributed by atoms with van der Waals surface area (Å²) < 4.78 is 50.5. The molecule has 0 fully saturated rings. The summed E-state index contributed by atoms with van der Waals surface area (Å²) in [5, 5.41) is 2.07. The maximum absolute atomic E-state index is 13.1. The predicted octanol–water partition coefficient (Wildman–Crippen LogP) is 5.79. The number of carbonyl (C=O) groups is 1. The summed E-state index contributed by atoms with van der Waals surface area (Å²) in [5.74, 6) is -1.18. The summed E-state index contributed by atoms with van der Waals surface area (Å²) in [6.45, 7) is -1.28. The molecule has 134 valence electrons. The third kappa shape index (κ3) is 4.65. The normalized spacial score (nSPS) is 11.5. The zero-order chi connectivity index (χ0) is 18.9. The predicted molar refractivity (Wildman–Crippen MR) is 95.6 cm³/mol. The molecular weight excluding hydrogens is 495 g/mol. The Hall–Kier alpha value is -1.32. The highest BCUT2D eigenvalue weighted by molar-refractivity contribution is 9.11. The largest absolute Gasteiger partial charge is 0.405 e. The lowest BCUT2D eigenvalue weighted by molar-refractivity contribution is -0.115. The third-order valence-corrected chi connectivity index (χ3v) is 4.90. The molecule has 2 aromatic rings. The Morgan fingerprint density at radius 1 is 1.24 bits per heavy atom. The third-order valence-electron chi connectivity index (χ3n) is 3.14. The van der Waals surface area contributed by atoms with Gasteiger partial charge in [-0.05, 0) is 56.1 Å². The Labute approximate surface area is 161 Å². The highest BCUT2D eigenvalue weighted by Gasteiger charge is 2.28. The molecule has 0 amide bonds. The number of hydrogen-bond acceptors (Lipinski definition) is 3. The Morgan fingerprint density at radius 3 is 2.44 bits per heavy atom. The summed E-state index contributed by atoms with van der Waals surface area (Å²) in [5.41, 5.74) is 5.83. The highest BCUT2D eigenvalue weighted by Crippen LogP contribution is 2.39. The molecule has 0 aromatic heterocycles. The number of nitrogen functional groups attached to an aromatic ring is 1. The average molecular weight is 505 g/mol. The molecule has 0 bridgehead atoms. The molecule has 10 heteroatoms. The van der Waals surface area contributed by atoms with Gasteiger partial charge in [-0.25, -0.2) is 4.39 Å². The van der Waals surface area contributed by atoms with Crippen LogP contribution in [0.5, 0.6) is 0 Å². The number of hydrogen-bond donors (Lipinski definition) is 2. The van der Waals surface area contributed by atoms with Crippen molar-refractivity contribution in [3.05, 3.63) is 55.2 Å². The zero-order valence-corrected chi connectivity index (χ0v) is 16.1. The molecule has 0 saturated carbocycles. The van der Waals surface area contributed by atoms with Crippen LogP contribution >= 0.6 is 43.5 Å². The fourth-order valence-corrected chi connectivity index (χ4v) is 3.73. The van der Waals surface area contributed by atoms with E-state index in [0.29, 0.717) is 0 Å². The number of nitrogens with two attached hydrogens (primary N) is 1. The van der Waals surface area contributed by atoms with Crippen molar-refractivity contribution in [3.8, 4) is 0 Å². The second kappa shape index (κ2) is 7.51. The smallest absolute Gasteiger partial charge is 0.396 e. The molecule has 25 heavy (non-hydrogen) atoms. The van der Waals surface area contributed by atoms with Gasteiger partial charge in [-0.1, -0.05) is 11.6 Å². The Morgan fingerprint density at radius 2 is 1.88 bits per heavy atom. The van der Waals surface area contributed by atoms with Gasteiger partial charge < -0.3 is 11.1 Å². The van der Waals surface area contributed by atoms with Gasteiger partial charge in [0.2, 0.25) is 0 Å². The SMILES string of the molecule is Nc1c(NCC(F)(F)F)cc(Br)c(C(=O)c2ccc(F)cc2Cl)c1Br. The van der Waals surface area contributed by atoms with Gasteiger partial charge in [-0.2, -0.15) is 13.2 Å². The summed E-state index contributed by atoms with van der Waals surface area (Å²) in [7, 11) is 0. The first-order valence-corrected chi connectivity index (χ1v) is 8.55. The molecule has 0 saturated heterocycles. The van der Waals surface area contributed by atoms with E-state index in [1.54, 1.807) is 0 Å². The molecule has 3 N–H and O–H groups in total. The number of alkyl halides is 3. The number of nitrogens with one attached hydrogen (secondary N) is 1. The van der Waals surface area contributed by atoms with Gasteiger partial charge in [-0.3, -0.25) is 4.79 Å². The van der Waals surface area contributed by atoms with Gasteiger partial charge in [0.25, 0.3) is 0 Å². The highest BCUT2D eigenvalue weighted by atomic mass is 79.9. The van der Waals surface area contributed by atoms with Gasteiger partial charge in [0.15, 0.2) is 5.78 Å². The summed E-state index contributed by atoms with van der Waals surface area (Å²) in [6, 6.07) is 4.53. The molecular formula is C15H9Br2ClF4N2O. The van der Waals surface area contributed by atoms with Crippen molar-refractivity contribution < 1.29 is 22.4 Å². The zero-order valence-electron chi connectivity index (χ0n) is 12.1. The van der Waals surface area contributed by atoms with E-state index in [9.17, 15) is 22.4 Å². The van der Waals surface area contributed by atoms with Gasteiger partial charge in [0, 0.05) is 10.0 Å². The summed E-state index contributed by atoms with van der Waals surface area (Å²) in [4.78, 5) is 12.7. The Balaban J connectivity index is 2.45. The minimum atomic E-state index is -4.43. The molecule has 2 aromatic carbocycles. The summed E-state index contributed by atoms with van der Waals surface area (Å²) >= 11 is 12.2. The van der Waals surface area contributed by atoms with Crippen LogP contribution in [0.25, 0.3) is 0 Å². The maximum Gasteiger partial charge on any atom is 0.405 e. The van der Waals surface area contributed by atoms with Crippen molar-refractivity contribution in [1.82, 2.24) is 0 Å². The van der Waals surface area contributed by atoms with Gasteiger partial charge in [0.05, 0.1) is 26.4 Å². The topological polar surface area (TPSA) is 55.1 Å². The van der Waals surface area contributed by atoms with Crippen molar-refractivity contribution in [3.63, 3.8) is 0 Å². The molecule has 0 heterocycles. The van der Waals surface area contributed by atoms with E-state index in [0.717, 1.165) is 12.1 Å². The molecule has 3 nitrogen and oxygen atoms in total. The van der Waals surface area contributed by atoms with E-state index in [4.69, 9.17) is 17.3 Å². The minimum absolute atomic E-state index is 0.00201. The maximum atomic E-state index is 13.1. The van der Waals surface area contributed by atoms with Crippen LogP contribution in [-0.4, -0.2) is 18.5 Å². The van der Waals surface area contributed by atoms with Crippen molar-refractivity contribution in [2.75, 3.05) is 17.6 Å². The van der Waals surface area contributed by atoms with Crippen molar-refractivity contribution in [1.29, 1.82) is 0 Å². The van der Waals surface area contributed by atoms with E-state index in [2.05, 4.69) is 37.2 Å².